The number of para-hydroxylation sites is 2. The third-order valence-electron chi connectivity index (χ3n) is 4.93. The Hall–Kier alpha value is -3.70. The van der Waals surface area contributed by atoms with Gasteiger partial charge >= 0.3 is 5.97 Å². The van der Waals surface area contributed by atoms with Crippen LogP contribution in [0.25, 0.3) is 11.0 Å². The van der Waals surface area contributed by atoms with Gasteiger partial charge in [0.25, 0.3) is 11.1 Å². The summed E-state index contributed by atoms with van der Waals surface area (Å²) in [6.45, 7) is -0.0714. The number of allylic oxidation sites excluding steroid dienone is 1. The monoisotopic (exact) mass is 495 g/mol. The van der Waals surface area contributed by atoms with Crippen molar-refractivity contribution in [2.75, 3.05) is 7.11 Å². The molecule has 2 amide bonds. The van der Waals surface area contributed by atoms with Crippen molar-refractivity contribution in [1.29, 1.82) is 0 Å². The number of carbonyl (C=O) groups excluding carboxylic acids is 3. The van der Waals surface area contributed by atoms with E-state index < -0.39 is 17.1 Å². The molecule has 5 rings (SSSR count). The lowest BCUT2D eigenvalue weighted by molar-refractivity contribution is -0.123. The van der Waals surface area contributed by atoms with E-state index in [9.17, 15) is 14.4 Å². The molecule has 0 unspecified atom stereocenters. The fraction of sp³-hybridized carbons (Fsp3) is 0.130. The van der Waals surface area contributed by atoms with Crippen LogP contribution in [0, 0.1) is 0 Å². The van der Waals surface area contributed by atoms with Gasteiger partial charge in [-0.2, -0.15) is 0 Å². The number of fused-ring (bicyclic) bond motifs is 1. The van der Waals surface area contributed by atoms with Crippen molar-refractivity contribution >= 4 is 51.7 Å². The number of aromatic nitrogens is 2. The van der Waals surface area contributed by atoms with E-state index in [1.54, 1.807) is 6.08 Å². The Morgan fingerprint density at radius 3 is 2.79 bits per heavy atom. The van der Waals surface area contributed by atoms with Crippen LogP contribution in [0.3, 0.4) is 0 Å². The Bertz CT molecular complexity index is 1400. The quantitative estimate of drug-likeness (QED) is 0.279. The number of rotatable bonds is 7. The fourth-order valence-corrected chi connectivity index (χ4v) is 4.88. The summed E-state index contributed by atoms with van der Waals surface area (Å²) in [6, 6.07) is 14.4. The summed E-state index contributed by atoms with van der Waals surface area (Å²) >= 11 is 2.22. The van der Waals surface area contributed by atoms with Crippen molar-refractivity contribution < 1.29 is 28.0 Å². The number of thioether (sulfide) groups is 1. The van der Waals surface area contributed by atoms with E-state index in [4.69, 9.17) is 8.83 Å². The van der Waals surface area contributed by atoms with Gasteiger partial charge in [-0.3, -0.25) is 14.5 Å². The highest BCUT2D eigenvalue weighted by Gasteiger charge is 2.35. The van der Waals surface area contributed by atoms with Crippen LogP contribution in [-0.4, -0.2) is 39.1 Å². The number of carbonyl (C=O) groups is 3. The van der Waals surface area contributed by atoms with E-state index in [1.165, 1.54) is 31.0 Å². The Kier molecular flexibility index (Phi) is 6.03. The average Bonchev–Trinajstić information content (AvgIpc) is 3.61. The number of H-pyrrole nitrogens is 1. The fourth-order valence-electron chi connectivity index (χ4n) is 3.29. The molecule has 0 aliphatic carbocycles. The first-order chi connectivity index (χ1) is 16.5. The second-order valence-corrected chi connectivity index (χ2v) is 9.16. The Balaban J connectivity index is 1.22. The molecule has 9 nitrogen and oxygen atoms in total. The summed E-state index contributed by atoms with van der Waals surface area (Å²) in [5.74, 6) is -0.0819. The van der Waals surface area contributed by atoms with Gasteiger partial charge in [-0.1, -0.05) is 18.2 Å². The van der Waals surface area contributed by atoms with Gasteiger partial charge in [0.05, 0.1) is 29.6 Å². The van der Waals surface area contributed by atoms with Crippen molar-refractivity contribution in [3.63, 3.8) is 0 Å². The number of imide groups is 1. The lowest BCUT2D eigenvalue weighted by atomic mass is 10.3. The number of aromatic amines is 1. The lowest BCUT2D eigenvalue weighted by Crippen LogP contribution is -2.27. The zero-order valence-electron chi connectivity index (χ0n) is 17.8. The van der Waals surface area contributed by atoms with Crippen LogP contribution in [0.2, 0.25) is 0 Å². The molecule has 0 spiro atoms. The number of esters is 1. The number of furan rings is 2. The molecular weight excluding hydrogens is 478 g/mol. The third-order valence-corrected chi connectivity index (χ3v) is 6.69. The first-order valence-corrected chi connectivity index (χ1v) is 11.8. The minimum Gasteiger partial charge on any atom is -0.463 e. The Morgan fingerprint density at radius 2 is 1.97 bits per heavy atom. The number of hydrogen-bond donors (Lipinski definition) is 1. The van der Waals surface area contributed by atoms with Crippen molar-refractivity contribution in [3.8, 4) is 0 Å². The molecule has 3 aromatic heterocycles. The molecule has 0 radical (unpaired) electrons. The molecule has 0 saturated carbocycles. The highest BCUT2D eigenvalue weighted by Crippen LogP contribution is 2.33. The van der Waals surface area contributed by atoms with Crippen molar-refractivity contribution in [1.82, 2.24) is 14.9 Å². The normalized spacial score (nSPS) is 15.1. The van der Waals surface area contributed by atoms with E-state index in [1.807, 2.05) is 36.4 Å². The summed E-state index contributed by atoms with van der Waals surface area (Å²) in [5, 5.41) is 0.971. The van der Waals surface area contributed by atoms with Crippen LogP contribution in [0.4, 0.5) is 4.79 Å². The number of nitrogens with one attached hydrogen (secondary N) is 1. The zero-order valence-corrected chi connectivity index (χ0v) is 19.4. The molecular formula is C23H17N3O6S2. The highest BCUT2D eigenvalue weighted by molar-refractivity contribution is 8.18. The molecule has 1 N–H and O–H groups in total. The number of nitrogens with zero attached hydrogens (tertiary/aromatic N) is 2. The van der Waals surface area contributed by atoms with Crippen LogP contribution in [-0.2, 0) is 22.5 Å². The van der Waals surface area contributed by atoms with Crippen molar-refractivity contribution in [2.24, 2.45) is 0 Å². The minimum absolute atomic E-state index is 0.00848. The van der Waals surface area contributed by atoms with Gasteiger partial charge in [0, 0.05) is 6.42 Å². The van der Waals surface area contributed by atoms with Crippen LogP contribution in [0.1, 0.15) is 22.1 Å². The molecule has 11 heteroatoms. The van der Waals surface area contributed by atoms with E-state index in [2.05, 4.69) is 14.7 Å². The second-order valence-electron chi connectivity index (χ2n) is 7.17. The molecule has 4 aromatic rings. The molecule has 1 saturated heterocycles. The van der Waals surface area contributed by atoms with E-state index in [0.29, 0.717) is 27.9 Å². The number of hydrogen-bond acceptors (Lipinski definition) is 9. The molecule has 0 atom stereocenters. The smallest absolute Gasteiger partial charge is 0.373 e. The maximum atomic E-state index is 12.7. The van der Waals surface area contributed by atoms with Crippen LogP contribution in [0.15, 0.2) is 78.6 Å². The summed E-state index contributed by atoms with van der Waals surface area (Å²) in [5.41, 5.74) is 1.83. The first kappa shape index (κ1) is 22.1. The zero-order chi connectivity index (χ0) is 23.7. The molecule has 4 heterocycles. The van der Waals surface area contributed by atoms with Gasteiger partial charge in [-0.15, -0.1) is 0 Å². The number of ether oxygens (including phenoxy) is 1. The number of amides is 2. The van der Waals surface area contributed by atoms with Gasteiger partial charge in [0.15, 0.2) is 10.2 Å². The van der Waals surface area contributed by atoms with Gasteiger partial charge in [0.2, 0.25) is 5.76 Å². The van der Waals surface area contributed by atoms with Crippen LogP contribution in [0.5, 0.6) is 0 Å². The first-order valence-electron chi connectivity index (χ1n) is 10.1. The van der Waals surface area contributed by atoms with Crippen molar-refractivity contribution in [3.05, 3.63) is 76.8 Å². The number of benzene rings is 1. The highest BCUT2D eigenvalue weighted by atomic mass is 32.2. The second kappa shape index (κ2) is 9.27. The standard InChI is InChI=1S/C23H17N3O6S2/c1-30-21(28)17-9-6-14(31-17)12-26-20(27)18(33-23(26)29)10-7-13-8-11-19(32-13)34-22-24-15-4-2-3-5-16(15)25-22/h2-6,8-11H,7,12H2,1H3,(H,24,25)/b18-10-. The maximum absolute atomic E-state index is 12.7. The molecule has 0 bridgehead atoms. The van der Waals surface area contributed by atoms with Crippen LogP contribution >= 0.6 is 23.5 Å². The predicted molar refractivity (Wildman–Crippen MR) is 124 cm³/mol. The van der Waals surface area contributed by atoms with Gasteiger partial charge < -0.3 is 18.6 Å². The van der Waals surface area contributed by atoms with E-state index in [-0.39, 0.29) is 12.3 Å². The summed E-state index contributed by atoms with van der Waals surface area (Å²) < 4.78 is 15.8. The van der Waals surface area contributed by atoms with Crippen molar-refractivity contribution in [2.45, 2.75) is 23.2 Å². The molecule has 1 aliphatic heterocycles. The van der Waals surface area contributed by atoms with E-state index in [0.717, 1.165) is 32.9 Å². The molecule has 1 fully saturated rings. The van der Waals surface area contributed by atoms with Gasteiger partial charge in [-0.05, 0) is 59.9 Å². The SMILES string of the molecule is COC(=O)c1ccc(CN2C(=O)S/C(=C\Cc3ccc(Sc4nc5ccccc5[nH]4)o3)C2=O)o1. The summed E-state index contributed by atoms with van der Waals surface area (Å²) in [4.78, 5) is 45.7. The van der Waals surface area contributed by atoms with Crippen LogP contribution < -0.4 is 0 Å². The average molecular weight is 496 g/mol. The molecule has 1 aliphatic rings. The van der Waals surface area contributed by atoms with Gasteiger partial charge in [0.1, 0.15) is 11.5 Å². The topological polar surface area (TPSA) is 119 Å². The summed E-state index contributed by atoms with van der Waals surface area (Å²) in [7, 11) is 1.24. The largest absolute Gasteiger partial charge is 0.463 e. The molecule has 34 heavy (non-hydrogen) atoms. The van der Waals surface area contributed by atoms with E-state index >= 15 is 0 Å². The Labute approximate surface area is 201 Å². The maximum Gasteiger partial charge on any atom is 0.373 e. The third kappa shape index (κ3) is 4.52. The summed E-state index contributed by atoms with van der Waals surface area (Å²) in [6.07, 6.45) is 2.02. The lowest BCUT2D eigenvalue weighted by Gasteiger charge is -2.09. The number of imidazole rings is 1. The van der Waals surface area contributed by atoms with Gasteiger partial charge in [-0.25, -0.2) is 9.78 Å². The molecule has 1 aromatic carbocycles. The molecule has 172 valence electrons. The minimum atomic E-state index is -0.628. The Morgan fingerprint density at radius 1 is 1.15 bits per heavy atom. The number of methoxy groups -OCH3 is 1. The predicted octanol–water partition coefficient (Wildman–Crippen LogP) is 5.01.